The second-order valence-corrected chi connectivity index (χ2v) is 4.02. The van der Waals surface area contributed by atoms with E-state index < -0.39 is 5.66 Å². The molecular weight excluding hydrogens is 194 g/mol. The minimum absolute atomic E-state index is 0.0588. The molecule has 0 unspecified atom stereocenters. The molecule has 1 rings (SSSR count). The first-order chi connectivity index (χ1) is 7.06. The normalized spacial score (nSPS) is 19.1. The van der Waals surface area contributed by atoms with Crippen molar-refractivity contribution in [1.82, 2.24) is 4.90 Å². The van der Waals surface area contributed by atoms with Gasteiger partial charge in [0.25, 0.3) is 0 Å². The van der Waals surface area contributed by atoms with E-state index in [1.54, 1.807) is 0 Å². The van der Waals surface area contributed by atoms with E-state index in [0.717, 1.165) is 32.8 Å². The summed E-state index contributed by atoms with van der Waals surface area (Å²) in [6.07, 6.45) is 0.912. The zero-order chi connectivity index (χ0) is 11.3. The molecule has 1 fully saturated rings. The van der Waals surface area contributed by atoms with E-state index in [4.69, 9.17) is 16.2 Å². The molecule has 0 amide bonds. The molecule has 0 aromatic carbocycles. The van der Waals surface area contributed by atoms with Gasteiger partial charge in [-0.3, -0.25) is 9.69 Å². The molecule has 0 aliphatic carbocycles. The van der Waals surface area contributed by atoms with E-state index in [1.165, 1.54) is 0 Å². The third-order valence-electron chi connectivity index (χ3n) is 2.86. The Bertz CT molecular complexity index is 213. The van der Waals surface area contributed by atoms with Crippen LogP contribution in [0.15, 0.2) is 0 Å². The van der Waals surface area contributed by atoms with Crippen molar-refractivity contribution < 1.29 is 9.53 Å². The Kier molecular flexibility index (Phi) is 4.66. The van der Waals surface area contributed by atoms with Crippen LogP contribution in [0.25, 0.3) is 0 Å². The highest BCUT2D eigenvalue weighted by molar-refractivity contribution is 5.87. The van der Waals surface area contributed by atoms with Crippen LogP contribution in [0.3, 0.4) is 0 Å². The van der Waals surface area contributed by atoms with Crippen molar-refractivity contribution in [2.75, 3.05) is 32.8 Å². The van der Waals surface area contributed by atoms with Crippen molar-refractivity contribution in [2.24, 2.45) is 11.5 Å². The second-order valence-electron chi connectivity index (χ2n) is 4.02. The van der Waals surface area contributed by atoms with Gasteiger partial charge in [0.15, 0.2) is 5.78 Å². The van der Waals surface area contributed by atoms with Crippen LogP contribution in [0.5, 0.6) is 0 Å². The topological polar surface area (TPSA) is 81.6 Å². The SMILES string of the molecule is CCC(N)(N)C(=O)CCN1CCOCC1. The molecule has 15 heavy (non-hydrogen) atoms. The molecular formula is C10H21N3O2. The molecule has 5 nitrogen and oxygen atoms in total. The van der Waals surface area contributed by atoms with Gasteiger partial charge in [0.2, 0.25) is 0 Å². The van der Waals surface area contributed by atoms with Gasteiger partial charge in [0, 0.05) is 26.1 Å². The van der Waals surface area contributed by atoms with Crippen molar-refractivity contribution >= 4 is 5.78 Å². The summed E-state index contributed by atoms with van der Waals surface area (Å²) in [5, 5.41) is 0. The molecule has 0 aromatic heterocycles. The zero-order valence-electron chi connectivity index (χ0n) is 9.37. The summed E-state index contributed by atoms with van der Waals surface area (Å²) in [6.45, 7) is 5.84. The Morgan fingerprint density at radius 1 is 1.40 bits per heavy atom. The number of hydrogen-bond acceptors (Lipinski definition) is 5. The Morgan fingerprint density at radius 3 is 2.53 bits per heavy atom. The lowest BCUT2D eigenvalue weighted by Crippen LogP contribution is -2.56. The number of Topliss-reactive ketones (excluding diaryl/α,β-unsaturated/α-hetero) is 1. The smallest absolute Gasteiger partial charge is 0.168 e. The standard InChI is InChI=1S/C10H21N3O2/c1-2-10(11,12)9(14)3-4-13-5-7-15-8-6-13/h2-8,11-12H2,1H3. The molecule has 0 radical (unpaired) electrons. The van der Waals surface area contributed by atoms with Gasteiger partial charge in [0.1, 0.15) is 5.66 Å². The number of rotatable bonds is 5. The maximum absolute atomic E-state index is 11.6. The van der Waals surface area contributed by atoms with Gasteiger partial charge >= 0.3 is 0 Å². The minimum atomic E-state index is -1.15. The van der Waals surface area contributed by atoms with Gasteiger partial charge in [-0.25, -0.2) is 0 Å². The quantitative estimate of drug-likeness (QED) is 0.593. The van der Waals surface area contributed by atoms with Crippen molar-refractivity contribution in [1.29, 1.82) is 0 Å². The first kappa shape index (κ1) is 12.6. The third-order valence-corrected chi connectivity index (χ3v) is 2.86. The fourth-order valence-electron chi connectivity index (χ4n) is 1.51. The second kappa shape index (κ2) is 5.55. The Balaban J connectivity index is 2.26. The number of carbonyl (C=O) groups is 1. The predicted octanol–water partition coefficient (Wildman–Crippen LogP) is -0.698. The summed E-state index contributed by atoms with van der Waals surface area (Å²) in [6, 6.07) is 0. The average molecular weight is 215 g/mol. The summed E-state index contributed by atoms with van der Waals surface area (Å²) >= 11 is 0. The highest BCUT2D eigenvalue weighted by atomic mass is 16.5. The summed E-state index contributed by atoms with van der Waals surface area (Å²) < 4.78 is 5.22. The number of hydrogen-bond donors (Lipinski definition) is 2. The molecule has 0 aromatic rings. The monoisotopic (exact) mass is 215 g/mol. The van der Waals surface area contributed by atoms with Gasteiger partial charge in [0.05, 0.1) is 13.2 Å². The lowest BCUT2D eigenvalue weighted by Gasteiger charge is -2.28. The first-order valence-electron chi connectivity index (χ1n) is 5.47. The highest BCUT2D eigenvalue weighted by Crippen LogP contribution is 2.05. The maximum atomic E-state index is 11.6. The van der Waals surface area contributed by atoms with Gasteiger partial charge < -0.3 is 16.2 Å². The zero-order valence-corrected chi connectivity index (χ0v) is 9.37. The number of morpholine rings is 1. The number of nitrogens with two attached hydrogens (primary N) is 2. The van der Waals surface area contributed by atoms with Crippen molar-refractivity contribution in [3.8, 4) is 0 Å². The van der Waals surface area contributed by atoms with Crippen LogP contribution in [0.1, 0.15) is 19.8 Å². The number of ether oxygens (including phenoxy) is 1. The van der Waals surface area contributed by atoms with Gasteiger partial charge in [-0.2, -0.15) is 0 Å². The van der Waals surface area contributed by atoms with Crippen LogP contribution >= 0.6 is 0 Å². The van der Waals surface area contributed by atoms with Crippen molar-refractivity contribution in [2.45, 2.75) is 25.4 Å². The van der Waals surface area contributed by atoms with Crippen LogP contribution < -0.4 is 11.5 Å². The van der Waals surface area contributed by atoms with Crippen LogP contribution in [-0.4, -0.2) is 49.2 Å². The molecule has 4 N–H and O–H groups in total. The van der Waals surface area contributed by atoms with E-state index in [1.807, 2.05) is 6.92 Å². The maximum Gasteiger partial charge on any atom is 0.168 e. The minimum Gasteiger partial charge on any atom is -0.379 e. The summed E-state index contributed by atoms with van der Waals surface area (Å²) in [7, 11) is 0. The van der Waals surface area contributed by atoms with Crippen LogP contribution in [-0.2, 0) is 9.53 Å². The molecule has 0 atom stereocenters. The van der Waals surface area contributed by atoms with Gasteiger partial charge in [-0.1, -0.05) is 6.92 Å². The van der Waals surface area contributed by atoms with Crippen LogP contribution in [0.4, 0.5) is 0 Å². The lowest BCUT2D eigenvalue weighted by molar-refractivity contribution is -0.124. The summed E-state index contributed by atoms with van der Waals surface area (Å²) in [5.74, 6) is -0.0588. The van der Waals surface area contributed by atoms with E-state index in [0.29, 0.717) is 12.8 Å². The fraction of sp³-hybridized carbons (Fsp3) is 0.900. The number of nitrogens with zero attached hydrogens (tertiary/aromatic N) is 1. The Morgan fingerprint density at radius 2 is 2.00 bits per heavy atom. The van der Waals surface area contributed by atoms with E-state index in [9.17, 15) is 4.79 Å². The van der Waals surface area contributed by atoms with Crippen molar-refractivity contribution in [3.05, 3.63) is 0 Å². The highest BCUT2D eigenvalue weighted by Gasteiger charge is 2.26. The largest absolute Gasteiger partial charge is 0.379 e. The first-order valence-corrected chi connectivity index (χ1v) is 5.47. The Labute approximate surface area is 90.7 Å². The molecule has 0 saturated carbocycles. The number of carbonyl (C=O) groups excluding carboxylic acids is 1. The van der Waals surface area contributed by atoms with Crippen LogP contribution in [0.2, 0.25) is 0 Å². The molecule has 5 heteroatoms. The van der Waals surface area contributed by atoms with E-state index in [-0.39, 0.29) is 5.78 Å². The number of ketones is 1. The molecule has 1 aliphatic heterocycles. The average Bonchev–Trinajstić information content (AvgIpc) is 2.27. The molecule has 1 aliphatic rings. The molecule has 0 bridgehead atoms. The van der Waals surface area contributed by atoms with E-state index in [2.05, 4.69) is 4.90 Å². The van der Waals surface area contributed by atoms with E-state index >= 15 is 0 Å². The van der Waals surface area contributed by atoms with Gasteiger partial charge in [-0.05, 0) is 6.42 Å². The molecule has 0 spiro atoms. The molecule has 88 valence electrons. The molecule has 1 saturated heterocycles. The summed E-state index contributed by atoms with van der Waals surface area (Å²) in [4.78, 5) is 13.8. The Hall–Kier alpha value is -0.490. The van der Waals surface area contributed by atoms with Crippen molar-refractivity contribution in [3.63, 3.8) is 0 Å². The molecule has 1 heterocycles. The van der Waals surface area contributed by atoms with Gasteiger partial charge in [-0.15, -0.1) is 0 Å². The third kappa shape index (κ3) is 3.87. The van der Waals surface area contributed by atoms with Crippen LogP contribution in [0, 0.1) is 0 Å². The lowest BCUT2D eigenvalue weighted by atomic mass is 10.0. The predicted molar refractivity (Wildman–Crippen MR) is 58.3 cm³/mol. The summed E-state index contributed by atoms with van der Waals surface area (Å²) in [5.41, 5.74) is 10.2. The fourth-order valence-corrected chi connectivity index (χ4v) is 1.51.